The van der Waals surface area contributed by atoms with Crippen LogP contribution in [0.4, 0.5) is 0 Å². The number of carbonyl (C=O) groups is 1. The number of likely N-dealkylation sites (tertiary alicyclic amines) is 1. The summed E-state index contributed by atoms with van der Waals surface area (Å²) >= 11 is 0. The highest BCUT2D eigenvalue weighted by molar-refractivity contribution is 5.73. The zero-order chi connectivity index (χ0) is 14.7. The molecular weight excluding hydrogens is 254 g/mol. The Morgan fingerprint density at radius 3 is 2.60 bits per heavy atom. The summed E-state index contributed by atoms with van der Waals surface area (Å²) in [6.07, 6.45) is 1.66. The summed E-state index contributed by atoms with van der Waals surface area (Å²) in [6, 6.07) is 8.05. The van der Waals surface area contributed by atoms with E-state index in [9.17, 15) is 9.90 Å². The topological polar surface area (TPSA) is 49.8 Å². The number of carboxylic acid groups (broad SMARTS) is 1. The molecule has 1 saturated heterocycles. The van der Waals surface area contributed by atoms with Crippen LogP contribution in [0.15, 0.2) is 24.3 Å². The zero-order valence-corrected chi connectivity index (χ0v) is 12.4. The lowest BCUT2D eigenvalue weighted by Gasteiger charge is -2.27. The van der Waals surface area contributed by atoms with Crippen LogP contribution in [0.5, 0.6) is 5.75 Å². The van der Waals surface area contributed by atoms with Crippen molar-refractivity contribution in [3.8, 4) is 5.75 Å². The number of methoxy groups -OCH3 is 1. The quantitative estimate of drug-likeness (QED) is 0.899. The summed E-state index contributed by atoms with van der Waals surface area (Å²) in [5, 5.41) is 9.32. The molecule has 1 N–H and O–H groups in total. The number of hydrogen-bond acceptors (Lipinski definition) is 3. The highest BCUT2D eigenvalue weighted by Crippen LogP contribution is 2.34. The Bertz CT molecular complexity index is 457. The first-order valence-electron chi connectivity index (χ1n) is 7.19. The van der Waals surface area contributed by atoms with Gasteiger partial charge < -0.3 is 9.84 Å². The van der Waals surface area contributed by atoms with Crippen molar-refractivity contribution in [1.29, 1.82) is 0 Å². The number of aliphatic carboxylic acids is 1. The summed E-state index contributed by atoms with van der Waals surface area (Å²) in [7, 11) is 1.66. The molecule has 0 spiro atoms. The molecule has 0 radical (unpaired) electrons. The smallest absolute Gasteiger partial charge is 0.320 e. The molecule has 3 unspecified atom stereocenters. The standard InChI is InChI=1S/C16H23NO3/c1-4-15(16(18)19)17-10-13(9-11(17)2)12-5-7-14(20-3)8-6-12/h5-8,11,13,15H,4,9-10H2,1-3H3,(H,18,19). The van der Waals surface area contributed by atoms with Gasteiger partial charge in [-0.05, 0) is 43.4 Å². The molecular formula is C16H23NO3. The van der Waals surface area contributed by atoms with Gasteiger partial charge in [-0.2, -0.15) is 0 Å². The van der Waals surface area contributed by atoms with E-state index >= 15 is 0 Å². The van der Waals surface area contributed by atoms with Crippen LogP contribution in [0.25, 0.3) is 0 Å². The van der Waals surface area contributed by atoms with E-state index in [4.69, 9.17) is 4.74 Å². The summed E-state index contributed by atoms with van der Waals surface area (Å²) < 4.78 is 5.17. The molecule has 3 atom stereocenters. The van der Waals surface area contributed by atoms with Crippen molar-refractivity contribution < 1.29 is 14.6 Å². The molecule has 1 fully saturated rings. The fourth-order valence-electron chi connectivity index (χ4n) is 3.16. The SMILES string of the molecule is CCC(C(=O)O)N1CC(c2ccc(OC)cc2)CC1C. The van der Waals surface area contributed by atoms with Gasteiger partial charge in [-0.15, -0.1) is 0 Å². The van der Waals surface area contributed by atoms with Gasteiger partial charge in [0.2, 0.25) is 0 Å². The minimum Gasteiger partial charge on any atom is -0.497 e. The molecule has 1 aliphatic heterocycles. The molecule has 0 aromatic heterocycles. The zero-order valence-electron chi connectivity index (χ0n) is 12.4. The molecule has 2 rings (SSSR count). The predicted octanol–water partition coefficient (Wildman–Crippen LogP) is 2.74. The fraction of sp³-hybridized carbons (Fsp3) is 0.562. The van der Waals surface area contributed by atoms with E-state index < -0.39 is 5.97 Å². The molecule has 1 aromatic carbocycles. The second kappa shape index (κ2) is 6.27. The molecule has 1 aliphatic rings. The molecule has 1 aromatic rings. The van der Waals surface area contributed by atoms with Crippen LogP contribution in [-0.2, 0) is 4.79 Å². The van der Waals surface area contributed by atoms with E-state index in [0.29, 0.717) is 18.4 Å². The summed E-state index contributed by atoms with van der Waals surface area (Å²) in [5.74, 6) is 0.549. The second-order valence-corrected chi connectivity index (χ2v) is 5.51. The van der Waals surface area contributed by atoms with Crippen LogP contribution < -0.4 is 4.74 Å². The third kappa shape index (κ3) is 2.96. The number of hydrogen-bond donors (Lipinski definition) is 1. The molecule has 1 heterocycles. The number of nitrogens with zero attached hydrogens (tertiary/aromatic N) is 1. The summed E-state index contributed by atoms with van der Waals surface area (Å²) in [6.45, 7) is 4.87. The van der Waals surface area contributed by atoms with Gasteiger partial charge in [0.1, 0.15) is 11.8 Å². The van der Waals surface area contributed by atoms with E-state index in [2.05, 4.69) is 24.0 Å². The third-order valence-electron chi connectivity index (χ3n) is 4.28. The normalized spacial score (nSPS) is 24.6. The van der Waals surface area contributed by atoms with Gasteiger partial charge in [0, 0.05) is 12.6 Å². The monoisotopic (exact) mass is 277 g/mol. The van der Waals surface area contributed by atoms with Crippen LogP contribution in [0, 0.1) is 0 Å². The van der Waals surface area contributed by atoms with Crippen molar-refractivity contribution in [2.75, 3.05) is 13.7 Å². The van der Waals surface area contributed by atoms with E-state index in [1.807, 2.05) is 19.1 Å². The minimum atomic E-state index is -0.713. The lowest BCUT2D eigenvalue weighted by Crippen LogP contribution is -2.42. The minimum absolute atomic E-state index is 0.308. The van der Waals surface area contributed by atoms with Crippen LogP contribution in [-0.4, -0.2) is 41.7 Å². The lowest BCUT2D eigenvalue weighted by molar-refractivity contribution is -0.143. The van der Waals surface area contributed by atoms with Crippen molar-refractivity contribution in [3.63, 3.8) is 0 Å². The average Bonchev–Trinajstić information content (AvgIpc) is 2.81. The molecule has 110 valence electrons. The Hall–Kier alpha value is -1.55. The van der Waals surface area contributed by atoms with Crippen molar-refractivity contribution in [2.24, 2.45) is 0 Å². The number of carboxylic acids is 1. The fourth-order valence-corrected chi connectivity index (χ4v) is 3.16. The molecule has 0 saturated carbocycles. The van der Waals surface area contributed by atoms with Gasteiger partial charge in [0.25, 0.3) is 0 Å². The molecule has 0 aliphatic carbocycles. The van der Waals surface area contributed by atoms with Gasteiger partial charge in [0.15, 0.2) is 0 Å². The van der Waals surface area contributed by atoms with E-state index in [0.717, 1.165) is 18.7 Å². The highest BCUT2D eigenvalue weighted by Gasteiger charge is 2.36. The van der Waals surface area contributed by atoms with Crippen LogP contribution >= 0.6 is 0 Å². The van der Waals surface area contributed by atoms with Gasteiger partial charge >= 0.3 is 5.97 Å². The lowest BCUT2D eigenvalue weighted by atomic mass is 9.97. The third-order valence-corrected chi connectivity index (χ3v) is 4.28. The number of benzene rings is 1. The van der Waals surface area contributed by atoms with Crippen molar-refractivity contribution >= 4 is 5.97 Å². The second-order valence-electron chi connectivity index (χ2n) is 5.51. The first kappa shape index (κ1) is 14.9. The highest BCUT2D eigenvalue weighted by atomic mass is 16.5. The maximum absolute atomic E-state index is 11.3. The van der Waals surface area contributed by atoms with Gasteiger partial charge in [-0.1, -0.05) is 19.1 Å². The van der Waals surface area contributed by atoms with Gasteiger partial charge in [0.05, 0.1) is 7.11 Å². The molecule has 0 amide bonds. The maximum atomic E-state index is 11.3. The Morgan fingerprint density at radius 2 is 2.10 bits per heavy atom. The van der Waals surface area contributed by atoms with E-state index in [-0.39, 0.29) is 6.04 Å². The van der Waals surface area contributed by atoms with Crippen molar-refractivity contribution in [1.82, 2.24) is 4.90 Å². The maximum Gasteiger partial charge on any atom is 0.320 e. The Labute approximate surface area is 120 Å². The Kier molecular flexibility index (Phi) is 4.65. The first-order chi connectivity index (χ1) is 9.56. The van der Waals surface area contributed by atoms with Crippen molar-refractivity contribution in [3.05, 3.63) is 29.8 Å². The average molecular weight is 277 g/mol. The number of rotatable bonds is 5. The van der Waals surface area contributed by atoms with Crippen molar-refractivity contribution in [2.45, 2.75) is 44.7 Å². The van der Waals surface area contributed by atoms with E-state index in [1.165, 1.54) is 5.56 Å². The first-order valence-corrected chi connectivity index (χ1v) is 7.19. The summed E-state index contributed by atoms with van der Waals surface area (Å²) in [5.41, 5.74) is 1.26. The largest absolute Gasteiger partial charge is 0.497 e. The van der Waals surface area contributed by atoms with E-state index in [1.54, 1.807) is 7.11 Å². The number of ether oxygens (including phenoxy) is 1. The summed E-state index contributed by atoms with van der Waals surface area (Å²) in [4.78, 5) is 13.5. The molecule has 0 bridgehead atoms. The van der Waals surface area contributed by atoms with Gasteiger partial charge in [-0.3, -0.25) is 9.69 Å². The molecule has 20 heavy (non-hydrogen) atoms. The van der Waals surface area contributed by atoms with Gasteiger partial charge in [-0.25, -0.2) is 0 Å². The Balaban J connectivity index is 2.11. The predicted molar refractivity (Wildman–Crippen MR) is 78.2 cm³/mol. The molecule has 4 nitrogen and oxygen atoms in total. The van der Waals surface area contributed by atoms with Crippen LogP contribution in [0.2, 0.25) is 0 Å². The Morgan fingerprint density at radius 1 is 1.45 bits per heavy atom. The molecule has 4 heteroatoms. The van der Waals surface area contributed by atoms with Crippen LogP contribution in [0.3, 0.4) is 0 Å². The van der Waals surface area contributed by atoms with Crippen LogP contribution in [0.1, 0.15) is 38.2 Å².